The monoisotopic (exact) mass is 435 g/mol. The first-order chi connectivity index (χ1) is 13.8. The Morgan fingerprint density at radius 2 is 1.83 bits per heavy atom. The van der Waals surface area contributed by atoms with Crippen LogP contribution in [0.4, 0.5) is 0 Å². The first-order valence-corrected chi connectivity index (χ1v) is 10.8. The van der Waals surface area contributed by atoms with Crippen molar-refractivity contribution in [1.29, 1.82) is 5.26 Å². The second-order valence-electron chi connectivity index (χ2n) is 6.21. The number of benzene rings is 2. The van der Waals surface area contributed by atoms with Crippen LogP contribution in [0.3, 0.4) is 0 Å². The van der Waals surface area contributed by atoms with Crippen LogP contribution in [0.1, 0.15) is 23.2 Å². The van der Waals surface area contributed by atoms with Crippen LogP contribution in [0.5, 0.6) is 5.75 Å². The first kappa shape index (κ1) is 22.7. The number of ether oxygens (including phenoxy) is 1. The van der Waals surface area contributed by atoms with Crippen LogP contribution in [-0.4, -0.2) is 46.0 Å². The van der Waals surface area contributed by atoms with Gasteiger partial charge in [0.1, 0.15) is 5.75 Å². The van der Waals surface area contributed by atoms with Gasteiger partial charge in [0.05, 0.1) is 17.6 Å². The molecule has 9 heteroatoms. The summed E-state index contributed by atoms with van der Waals surface area (Å²) in [6.07, 6.45) is 0.725. The smallest absolute Gasteiger partial charge is 0.253 e. The molecule has 0 atom stereocenters. The zero-order valence-electron chi connectivity index (χ0n) is 16.0. The molecular weight excluding hydrogens is 414 g/mol. The number of rotatable bonds is 10. The van der Waals surface area contributed by atoms with Gasteiger partial charge in [-0.1, -0.05) is 11.6 Å². The molecule has 0 heterocycles. The Hall–Kier alpha value is -2.60. The maximum atomic E-state index is 12.5. The Morgan fingerprint density at radius 3 is 2.45 bits per heavy atom. The molecule has 7 nitrogen and oxygen atoms in total. The third kappa shape index (κ3) is 7.06. The standard InChI is InChI=1S/C20H22ClN3O4S/c1-24(14-3-15-28-18-8-6-17(21)7-9-18)20(25)16-4-10-19(11-5-16)29(26,27)23-13-2-12-22/h4-11,23H,2-3,13-15H2,1H3. The summed E-state index contributed by atoms with van der Waals surface area (Å²) in [6, 6.07) is 14.6. The van der Waals surface area contributed by atoms with Crippen molar-refractivity contribution in [1.82, 2.24) is 9.62 Å². The predicted molar refractivity (Wildman–Crippen MR) is 110 cm³/mol. The normalized spacial score (nSPS) is 10.9. The summed E-state index contributed by atoms with van der Waals surface area (Å²) in [4.78, 5) is 14.1. The van der Waals surface area contributed by atoms with Gasteiger partial charge in [0, 0.05) is 37.1 Å². The Bertz CT molecular complexity index is 955. The van der Waals surface area contributed by atoms with Crippen LogP contribution < -0.4 is 9.46 Å². The third-order valence-corrected chi connectivity index (χ3v) is 5.74. The van der Waals surface area contributed by atoms with E-state index in [1.54, 1.807) is 36.2 Å². The fourth-order valence-electron chi connectivity index (χ4n) is 2.45. The Balaban J connectivity index is 1.84. The minimum Gasteiger partial charge on any atom is -0.494 e. The van der Waals surface area contributed by atoms with Gasteiger partial charge in [0.2, 0.25) is 10.0 Å². The zero-order chi connectivity index (χ0) is 21.3. The quantitative estimate of drug-likeness (QED) is 0.578. The van der Waals surface area contributed by atoms with E-state index in [1.165, 1.54) is 24.3 Å². The fourth-order valence-corrected chi connectivity index (χ4v) is 3.60. The van der Waals surface area contributed by atoms with Crippen molar-refractivity contribution in [3.8, 4) is 11.8 Å². The predicted octanol–water partition coefficient (Wildman–Crippen LogP) is 3.07. The van der Waals surface area contributed by atoms with Gasteiger partial charge >= 0.3 is 0 Å². The summed E-state index contributed by atoms with van der Waals surface area (Å²) >= 11 is 5.82. The van der Waals surface area contributed by atoms with Gasteiger partial charge in [-0.25, -0.2) is 13.1 Å². The number of carbonyl (C=O) groups excluding carboxylic acids is 1. The van der Waals surface area contributed by atoms with E-state index in [9.17, 15) is 13.2 Å². The molecule has 0 unspecified atom stereocenters. The molecule has 0 saturated heterocycles. The number of hydrogen-bond acceptors (Lipinski definition) is 5. The minimum absolute atomic E-state index is 0.0420. The lowest BCUT2D eigenvalue weighted by molar-refractivity contribution is 0.0787. The maximum Gasteiger partial charge on any atom is 0.253 e. The van der Waals surface area contributed by atoms with Crippen molar-refractivity contribution in [3.63, 3.8) is 0 Å². The van der Waals surface area contributed by atoms with Crippen molar-refractivity contribution >= 4 is 27.5 Å². The van der Waals surface area contributed by atoms with E-state index >= 15 is 0 Å². The van der Waals surface area contributed by atoms with Gasteiger partial charge in [-0.15, -0.1) is 0 Å². The molecular formula is C20H22ClN3O4S. The molecule has 0 aliphatic carbocycles. The number of nitrogens with zero attached hydrogens (tertiary/aromatic N) is 2. The van der Waals surface area contributed by atoms with Crippen LogP contribution in [0.15, 0.2) is 53.4 Å². The van der Waals surface area contributed by atoms with Crippen LogP contribution in [0, 0.1) is 11.3 Å². The van der Waals surface area contributed by atoms with E-state index in [2.05, 4.69) is 4.72 Å². The molecule has 0 radical (unpaired) electrons. The molecule has 0 saturated carbocycles. The largest absolute Gasteiger partial charge is 0.494 e. The Kier molecular flexibility index (Phi) is 8.46. The van der Waals surface area contributed by atoms with Crippen LogP contribution in [0.2, 0.25) is 5.02 Å². The molecule has 0 aliphatic rings. The van der Waals surface area contributed by atoms with Gasteiger partial charge < -0.3 is 9.64 Å². The molecule has 0 fully saturated rings. The van der Waals surface area contributed by atoms with E-state index in [4.69, 9.17) is 21.6 Å². The molecule has 1 amide bonds. The van der Waals surface area contributed by atoms with Gasteiger partial charge in [-0.2, -0.15) is 5.26 Å². The number of sulfonamides is 1. The Morgan fingerprint density at radius 1 is 1.17 bits per heavy atom. The van der Waals surface area contributed by atoms with E-state index < -0.39 is 10.0 Å². The molecule has 1 N–H and O–H groups in total. The average molecular weight is 436 g/mol. The molecule has 2 aromatic carbocycles. The summed E-state index contributed by atoms with van der Waals surface area (Å²) < 4.78 is 32.1. The summed E-state index contributed by atoms with van der Waals surface area (Å²) in [7, 11) is -2.01. The lowest BCUT2D eigenvalue weighted by Gasteiger charge is -2.17. The molecule has 0 aliphatic heterocycles. The number of amides is 1. The van der Waals surface area contributed by atoms with E-state index in [1.807, 2.05) is 6.07 Å². The van der Waals surface area contributed by atoms with Crippen molar-refractivity contribution in [2.24, 2.45) is 0 Å². The SMILES string of the molecule is CN(CCCOc1ccc(Cl)cc1)C(=O)c1ccc(S(=O)(=O)NCCC#N)cc1. The average Bonchev–Trinajstić information content (AvgIpc) is 2.72. The molecule has 2 aromatic rings. The number of nitrogens with one attached hydrogen (secondary N) is 1. The number of halogens is 1. The summed E-state index contributed by atoms with van der Waals surface area (Å²) in [5.74, 6) is 0.501. The van der Waals surface area contributed by atoms with Gasteiger partial charge in [0.15, 0.2) is 0 Å². The molecule has 154 valence electrons. The third-order valence-electron chi connectivity index (χ3n) is 4.01. The fraction of sp³-hybridized carbons (Fsp3) is 0.300. The van der Waals surface area contributed by atoms with E-state index in [0.717, 1.165) is 0 Å². The van der Waals surface area contributed by atoms with Crippen LogP contribution in [-0.2, 0) is 10.0 Å². The van der Waals surface area contributed by atoms with Crippen molar-refractivity contribution in [2.75, 3.05) is 26.7 Å². The summed E-state index contributed by atoms with van der Waals surface area (Å²) in [5, 5.41) is 9.13. The molecule has 29 heavy (non-hydrogen) atoms. The second kappa shape index (κ2) is 10.8. The highest BCUT2D eigenvalue weighted by Gasteiger charge is 2.16. The molecule has 0 aromatic heterocycles. The van der Waals surface area contributed by atoms with E-state index in [0.29, 0.717) is 35.9 Å². The Labute approximate surface area is 175 Å². The van der Waals surface area contributed by atoms with Crippen LogP contribution >= 0.6 is 11.6 Å². The van der Waals surface area contributed by atoms with Gasteiger partial charge in [0.25, 0.3) is 5.91 Å². The molecule has 0 spiro atoms. The van der Waals surface area contributed by atoms with E-state index in [-0.39, 0.29) is 23.8 Å². The van der Waals surface area contributed by atoms with Gasteiger partial charge in [-0.05, 0) is 55.0 Å². The molecule has 2 rings (SSSR count). The lowest BCUT2D eigenvalue weighted by Crippen LogP contribution is -2.29. The van der Waals surface area contributed by atoms with Crippen molar-refractivity contribution in [2.45, 2.75) is 17.7 Å². The summed E-state index contributed by atoms with van der Waals surface area (Å²) in [6.45, 7) is 0.979. The second-order valence-corrected chi connectivity index (χ2v) is 8.42. The van der Waals surface area contributed by atoms with Crippen molar-refractivity contribution < 1.29 is 17.9 Å². The highest BCUT2D eigenvalue weighted by Crippen LogP contribution is 2.16. The topological polar surface area (TPSA) is 99.5 Å². The van der Waals surface area contributed by atoms with Gasteiger partial charge in [-0.3, -0.25) is 4.79 Å². The van der Waals surface area contributed by atoms with Crippen LogP contribution in [0.25, 0.3) is 0 Å². The highest BCUT2D eigenvalue weighted by atomic mass is 35.5. The summed E-state index contributed by atoms with van der Waals surface area (Å²) in [5.41, 5.74) is 0.391. The number of carbonyl (C=O) groups is 1. The maximum absolute atomic E-state index is 12.5. The highest BCUT2D eigenvalue weighted by molar-refractivity contribution is 7.89. The van der Waals surface area contributed by atoms with Crippen molar-refractivity contribution in [3.05, 3.63) is 59.1 Å². The molecule has 0 bridgehead atoms. The minimum atomic E-state index is -3.69. The lowest BCUT2D eigenvalue weighted by atomic mass is 10.2. The number of nitriles is 1. The zero-order valence-corrected chi connectivity index (χ0v) is 17.5. The first-order valence-electron chi connectivity index (χ1n) is 8.94. The number of hydrogen-bond donors (Lipinski definition) is 1.